The molecule has 1 N–H and O–H groups in total. The van der Waals surface area contributed by atoms with Crippen LogP contribution in [-0.2, 0) is 16.4 Å². The fourth-order valence-electron chi connectivity index (χ4n) is 3.23. The summed E-state index contributed by atoms with van der Waals surface area (Å²) in [6, 6.07) is 11.1. The van der Waals surface area contributed by atoms with Gasteiger partial charge in [0.2, 0.25) is 10.0 Å². The zero-order valence-electron chi connectivity index (χ0n) is 14.7. The van der Waals surface area contributed by atoms with Crippen molar-refractivity contribution in [3.63, 3.8) is 0 Å². The zero-order valence-corrected chi connectivity index (χ0v) is 15.5. The highest BCUT2D eigenvalue weighted by Crippen LogP contribution is 2.31. The van der Waals surface area contributed by atoms with Gasteiger partial charge in [0.05, 0.1) is 11.9 Å². The number of amides is 1. The molecule has 25 heavy (non-hydrogen) atoms. The van der Waals surface area contributed by atoms with E-state index in [2.05, 4.69) is 5.32 Å². The van der Waals surface area contributed by atoms with Gasteiger partial charge >= 0.3 is 0 Å². The first kappa shape index (κ1) is 17.5. The minimum Gasteiger partial charge on any atom is -0.322 e. The Kier molecular flexibility index (Phi) is 4.56. The second-order valence-electron chi connectivity index (χ2n) is 6.55. The van der Waals surface area contributed by atoms with Crippen molar-refractivity contribution in [1.82, 2.24) is 0 Å². The number of hydrogen-bond acceptors (Lipinski definition) is 3. The van der Waals surface area contributed by atoms with E-state index in [9.17, 15) is 13.2 Å². The zero-order chi connectivity index (χ0) is 18.2. The standard InChI is InChI=1S/C19H22N2O3S/c1-13-6-9-17(14(2)11-13)19(22)20-16-8-7-15-5-4-10-21(18(15)12-16)25(3,23)24/h6-9,11-12H,4-5,10H2,1-3H3,(H,20,22). The van der Waals surface area contributed by atoms with Crippen LogP contribution < -0.4 is 9.62 Å². The van der Waals surface area contributed by atoms with Crippen LogP contribution in [-0.4, -0.2) is 27.1 Å². The van der Waals surface area contributed by atoms with Crippen LogP contribution in [0.5, 0.6) is 0 Å². The third kappa shape index (κ3) is 3.69. The first-order chi connectivity index (χ1) is 11.8. The summed E-state index contributed by atoms with van der Waals surface area (Å²) in [7, 11) is -3.33. The lowest BCUT2D eigenvalue weighted by Gasteiger charge is -2.29. The molecular formula is C19H22N2O3S. The molecule has 2 aromatic carbocycles. The van der Waals surface area contributed by atoms with E-state index in [0.29, 0.717) is 23.5 Å². The predicted molar refractivity (Wildman–Crippen MR) is 101 cm³/mol. The molecule has 3 rings (SSSR count). The van der Waals surface area contributed by atoms with E-state index in [1.165, 1.54) is 10.6 Å². The number of rotatable bonds is 3. The Morgan fingerprint density at radius 1 is 1.12 bits per heavy atom. The smallest absolute Gasteiger partial charge is 0.255 e. The van der Waals surface area contributed by atoms with Crippen LogP contribution >= 0.6 is 0 Å². The third-order valence-corrected chi connectivity index (χ3v) is 5.63. The molecule has 0 unspecified atom stereocenters. The van der Waals surface area contributed by atoms with E-state index in [0.717, 1.165) is 29.5 Å². The van der Waals surface area contributed by atoms with Crippen molar-refractivity contribution >= 4 is 27.3 Å². The normalized spacial score (nSPS) is 14.1. The van der Waals surface area contributed by atoms with Crippen LogP contribution in [0.2, 0.25) is 0 Å². The van der Waals surface area contributed by atoms with Gasteiger partial charge in [0.15, 0.2) is 0 Å². The fourth-order valence-corrected chi connectivity index (χ4v) is 4.22. The Hall–Kier alpha value is -2.34. The highest BCUT2D eigenvalue weighted by molar-refractivity contribution is 7.92. The summed E-state index contributed by atoms with van der Waals surface area (Å²) in [5.41, 5.74) is 4.87. The molecular weight excluding hydrogens is 336 g/mol. The molecule has 0 saturated carbocycles. The summed E-state index contributed by atoms with van der Waals surface area (Å²) >= 11 is 0. The number of aryl methyl sites for hydroxylation is 3. The molecule has 0 bridgehead atoms. The SMILES string of the molecule is Cc1ccc(C(=O)Nc2ccc3c(c2)N(S(C)(=O)=O)CCC3)c(C)c1. The molecule has 1 amide bonds. The Morgan fingerprint density at radius 2 is 1.88 bits per heavy atom. The molecule has 1 aliphatic heterocycles. The average molecular weight is 358 g/mol. The van der Waals surface area contributed by atoms with E-state index in [1.807, 2.05) is 38.1 Å². The second kappa shape index (κ2) is 6.52. The second-order valence-corrected chi connectivity index (χ2v) is 8.46. The van der Waals surface area contributed by atoms with Gasteiger partial charge in [-0.25, -0.2) is 8.42 Å². The molecule has 132 valence electrons. The maximum Gasteiger partial charge on any atom is 0.255 e. The summed E-state index contributed by atoms with van der Waals surface area (Å²) in [5.74, 6) is -0.195. The Labute approximate surface area is 148 Å². The van der Waals surface area contributed by atoms with Crippen molar-refractivity contribution in [2.75, 3.05) is 22.4 Å². The monoisotopic (exact) mass is 358 g/mol. The van der Waals surface area contributed by atoms with Crippen molar-refractivity contribution in [3.05, 3.63) is 58.7 Å². The summed E-state index contributed by atoms with van der Waals surface area (Å²) in [6.45, 7) is 4.36. The predicted octanol–water partition coefficient (Wildman–Crippen LogP) is 3.27. The molecule has 0 atom stereocenters. The Balaban J connectivity index is 1.90. The number of fused-ring (bicyclic) bond motifs is 1. The van der Waals surface area contributed by atoms with Crippen molar-refractivity contribution in [2.24, 2.45) is 0 Å². The van der Waals surface area contributed by atoms with Gasteiger partial charge in [-0.05, 0) is 56.0 Å². The van der Waals surface area contributed by atoms with Crippen LogP contribution in [0.15, 0.2) is 36.4 Å². The number of carbonyl (C=O) groups excluding carboxylic acids is 1. The van der Waals surface area contributed by atoms with E-state index >= 15 is 0 Å². The molecule has 0 fully saturated rings. The number of carbonyl (C=O) groups is 1. The molecule has 2 aromatic rings. The molecule has 0 aliphatic carbocycles. The van der Waals surface area contributed by atoms with Gasteiger partial charge in [0.1, 0.15) is 0 Å². The van der Waals surface area contributed by atoms with Crippen LogP contribution in [0, 0.1) is 13.8 Å². The molecule has 6 heteroatoms. The Morgan fingerprint density at radius 3 is 2.56 bits per heavy atom. The minimum absolute atomic E-state index is 0.195. The van der Waals surface area contributed by atoms with E-state index in [4.69, 9.17) is 0 Å². The van der Waals surface area contributed by atoms with Gasteiger partial charge in [0.25, 0.3) is 5.91 Å². The summed E-state index contributed by atoms with van der Waals surface area (Å²) in [6.07, 6.45) is 2.85. The summed E-state index contributed by atoms with van der Waals surface area (Å²) in [5, 5.41) is 2.88. The Bertz CT molecular complexity index is 936. The van der Waals surface area contributed by atoms with E-state index in [-0.39, 0.29) is 5.91 Å². The fraction of sp³-hybridized carbons (Fsp3) is 0.316. The number of anilines is 2. The quantitative estimate of drug-likeness (QED) is 0.916. The summed E-state index contributed by atoms with van der Waals surface area (Å²) < 4.78 is 25.5. The van der Waals surface area contributed by atoms with Crippen molar-refractivity contribution in [1.29, 1.82) is 0 Å². The minimum atomic E-state index is -3.33. The van der Waals surface area contributed by atoms with Gasteiger partial charge in [-0.3, -0.25) is 9.10 Å². The van der Waals surface area contributed by atoms with Gasteiger partial charge in [0, 0.05) is 17.8 Å². The van der Waals surface area contributed by atoms with Gasteiger partial charge in [-0.2, -0.15) is 0 Å². The van der Waals surface area contributed by atoms with Crippen LogP contribution in [0.4, 0.5) is 11.4 Å². The number of benzene rings is 2. The van der Waals surface area contributed by atoms with Crippen LogP contribution in [0.3, 0.4) is 0 Å². The highest BCUT2D eigenvalue weighted by atomic mass is 32.2. The number of hydrogen-bond donors (Lipinski definition) is 1. The number of nitrogens with one attached hydrogen (secondary N) is 1. The topological polar surface area (TPSA) is 66.5 Å². The van der Waals surface area contributed by atoms with Crippen molar-refractivity contribution in [2.45, 2.75) is 26.7 Å². The van der Waals surface area contributed by atoms with Crippen molar-refractivity contribution in [3.8, 4) is 0 Å². The van der Waals surface area contributed by atoms with E-state index in [1.54, 1.807) is 12.1 Å². The lowest BCUT2D eigenvalue weighted by molar-refractivity contribution is 0.102. The first-order valence-corrected chi connectivity index (χ1v) is 10.1. The highest BCUT2D eigenvalue weighted by Gasteiger charge is 2.24. The van der Waals surface area contributed by atoms with Crippen LogP contribution in [0.25, 0.3) is 0 Å². The molecule has 0 saturated heterocycles. The van der Waals surface area contributed by atoms with E-state index < -0.39 is 10.0 Å². The largest absolute Gasteiger partial charge is 0.322 e. The third-order valence-electron chi connectivity index (χ3n) is 4.45. The maximum atomic E-state index is 12.5. The lowest BCUT2D eigenvalue weighted by Crippen LogP contribution is -2.34. The first-order valence-electron chi connectivity index (χ1n) is 8.25. The maximum absolute atomic E-state index is 12.5. The van der Waals surface area contributed by atoms with Crippen LogP contribution in [0.1, 0.15) is 33.5 Å². The molecule has 1 aliphatic rings. The molecule has 1 heterocycles. The van der Waals surface area contributed by atoms with Gasteiger partial charge in [-0.15, -0.1) is 0 Å². The molecule has 0 spiro atoms. The number of nitrogens with zero attached hydrogens (tertiary/aromatic N) is 1. The molecule has 0 aromatic heterocycles. The molecule has 5 nitrogen and oxygen atoms in total. The molecule has 0 radical (unpaired) electrons. The summed E-state index contributed by atoms with van der Waals surface area (Å²) in [4.78, 5) is 12.5. The van der Waals surface area contributed by atoms with Crippen molar-refractivity contribution < 1.29 is 13.2 Å². The number of sulfonamides is 1. The van der Waals surface area contributed by atoms with Gasteiger partial charge in [-0.1, -0.05) is 23.8 Å². The van der Waals surface area contributed by atoms with Gasteiger partial charge < -0.3 is 5.32 Å². The average Bonchev–Trinajstić information content (AvgIpc) is 2.53. The lowest BCUT2D eigenvalue weighted by atomic mass is 10.0.